The zero-order chi connectivity index (χ0) is 68.6. The van der Waals surface area contributed by atoms with E-state index in [4.69, 9.17) is 71.1 Å². The first kappa shape index (κ1) is 77.1. The number of unbranched alkanes of at least 4 members (excludes halogenated alkanes) is 5. The van der Waals surface area contributed by atoms with Crippen molar-refractivity contribution < 1.29 is 188 Å². The van der Waals surface area contributed by atoms with Crippen LogP contribution in [-0.4, -0.2) is 380 Å². The Morgan fingerprint density at radius 2 is 0.585 bits per heavy atom. The molecule has 1 unspecified atom stereocenters. The van der Waals surface area contributed by atoms with Gasteiger partial charge in [0.15, 0.2) is 44.0 Å². The highest BCUT2D eigenvalue weighted by Gasteiger charge is 2.60. The SMILES string of the molecule is CCCCCCC/C=C/CC(CC(=O)OC[C@H]1O[C@@H]2O[C@H]3[C@H](O)[C@@H](O)[C@@H](O[C@H]4[C@H](O)[C@@H](O)[C@@H](O[C@H]5[C@H](O)[C@@H](O)[C@@H](O[C@H]6[C@H](O)[C@@H](O)[C@@H](O[C@H]7[C@H](O)[C@@H](O)[C@@H](O[C@H]8[C@H](O)[C@@H](O)[C@@H](O[C@H]1[C@H](O)[C@H]2O)O[C@@H]8CO)O[C@@H]7CO)O[C@@H]6CO)O[C@@H]5CO)O[C@@H]4CO)O[C@@H]3CO)C(=O)O. The maximum atomic E-state index is 13.5. The second-order valence-electron chi connectivity index (χ2n) is 24.3. The van der Waals surface area contributed by atoms with E-state index in [1.165, 1.54) is 0 Å². The van der Waals surface area contributed by atoms with Gasteiger partial charge in [-0.2, -0.15) is 0 Å². The van der Waals surface area contributed by atoms with Crippen LogP contribution in [0.15, 0.2) is 12.2 Å². The van der Waals surface area contributed by atoms with Crippen LogP contribution in [0.3, 0.4) is 0 Å². The lowest BCUT2D eigenvalue weighted by Gasteiger charge is -2.50. The molecular weight excluding hydrogens is 1280 g/mol. The van der Waals surface area contributed by atoms with Crippen molar-refractivity contribution in [3.63, 3.8) is 0 Å². The average molecular weight is 1370 g/mol. The molecule has 38 nitrogen and oxygen atoms in total. The van der Waals surface area contributed by atoms with Crippen molar-refractivity contribution >= 4 is 11.9 Å². The molecule has 21 aliphatic heterocycles. The topological polar surface area (TPSA) is 597 Å². The van der Waals surface area contributed by atoms with Gasteiger partial charge in [0.25, 0.3) is 0 Å². The number of aliphatic hydroxyl groups excluding tert-OH is 20. The van der Waals surface area contributed by atoms with E-state index in [9.17, 15) is 117 Å². The maximum Gasteiger partial charge on any atom is 0.307 e. The van der Waals surface area contributed by atoms with Gasteiger partial charge in [-0.25, -0.2) is 0 Å². The molecule has 0 saturated carbocycles. The summed E-state index contributed by atoms with van der Waals surface area (Å²) in [5.74, 6) is -3.82. The molecule has 14 bridgehead atoms. The summed E-state index contributed by atoms with van der Waals surface area (Å²) in [5.41, 5.74) is 0. The summed E-state index contributed by atoms with van der Waals surface area (Å²) in [5, 5.41) is 234. The number of carboxylic acids is 1. The van der Waals surface area contributed by atoms with Crippen LogP contribution in [0.25, 0.3) is 0 Å². The van der Waals surface area contributed by atoms with Crippen LogP contribution in [0.4, 0.5) is 0 Å². The highest BCUT2D eigenvalue weighted by Crippen LogP contribution is 2.39. The zero-order valence-corrected chi connectivity index (χ0v) is 50.9. The van der Waals surface area contributed by atoms with Gasteiger partial charge in [-0.1, -0.05) is 44.8 Å². The van der Waals surface area contributed by atoms with Crippen LogP contribution < -0.4 is 0 Å². The zero-order valence-electron chi connectivity index (χ0n) is 50.9. The second-order valence-corrected chi connectivity index (χ2v) is 24.3. The monoisotopic (exact) mass is 1370 g/mol. The third-order valence-electron chi connectivity index (χ3n) is 17.8. The summed E-state index contributed by atoms with van der Waals surface area (Å²) < 4.78 is 86.3. The molecule has 0 aromatic carbocycles. The molecule has 21 saturated heterocycles. The summed E-state index contributed by atoms with van der Waals surface area (Å²) >= 11 is 0. The second kappa shape index (κ2) is 35.1. The Balaban J connectivity index is 1.08. The minimum absolute atomic E-state index is 0.0906. The molecule has 0 aromatic heterocycles. The standard InChI is InChI=1S/C56H92O38/c1-2-3-4-5-6-7-8-9-10-19(49(78)79)11-27(63)80-18-26-48-34(70)41(77)56(87-26)93-47-25(17-62)85-54(39(75)32(47)68)91-45-23(15-60)83-52(37(73)30(45)66)89-43-21(13-58)81-50(35(71)28(43)64)88-42-20(12-57)82-51(36(72)29(42)65)90-44-22(14-59)84-53(38(74)31(44)67)92-46-24(16-61)86-55(94-48)40(76)33(46)69/h8-9,19-26,28-48,50-62,64-77H,2-7,10-18H2,1H3,(H,78,79)/b9-8+/t19?,20-,21-,22-,23-,24-,25-,26-,28-,29-,30-,31-,32-,33-,34-,35-,36-,37-,38-,39-,40-,41-,42-,43-,44-,45-,46-,47-,48-,50-,51-,52-,53-,54-,55-,56-/m1/s1. The predicted molar refractivity (Wildman–Crippen MR) is 295 cm³/mol. The lowest BCUT2D eigenvalue weighted by atomic mass is 9.95. The van der Waals surface area contributed by atoms with Crippen LogP contribution in [0.2, 0.25) is 0 Å². The van der Waals surface area contributed by atoms with Crippen LogP contribution >= 0.6 is 0 Å². The number of carbonyl (C=O) groups is 2. The number of ether oxygens (including phenoxy) is 15. The fourth-order valence-corrected chi connectivity index (χ4v) is 12.4. The van der Waals surface area contributed by atoms with Crippen LogP contribution in [-0.2, 0) is 80.6 Å². The third kappa shape index (κ3) is 17.4. The largest absolute Gasteiger partial charge is 0.481 e. The number of carbonyl (C=O) groups excluding carboxylic acids is 1. The Kier molecular flexibility index (Phi) is 28.8. The molecule has 21 rings (SSSR count). The van der Waals surface area contributed by atoms with E-state index in [0.29, 0.717) is 6.42 Å². The summed E-state index contributed by atoms with van der Waals surface area (Å²) in [6.07, 6.45) is -64.7. The quantitative estimate of drug-likeness (QED) is 0.0324. The number of carboxylic acid groups (broad SMARTS) is 1. The first-order valence-corrected chi connectivity index (χ1v) is 31.2. The van der Waals surface area contributed by atoms with E-state index >= 15 is 0 Å². The van der Waals surface area contributed by atoms with E-state index in [2.05, 4.69) is 6.92 Å². The van der Waals surface area contributed by atoms with Gasteiger partial charge in [-0.05, 0) is 19.3 Å². The summed E-state index contributed by atoms with van der Waals surface area (Å²) in [7, 11) is 0. The van der Waals surface area contributed by atoms with Crippen molar-refractivity contribution in [2.24, 2.45) is 5.92 Å². The third-order valence-corrected chi connectivity index (χ3v) is 17.8. The molecule has 21 heterocycles. The minimum atomic E-state index is -2.34. The van der Waals surface area contributed by atoms with Crippen molar-refractivity contribution in [2.75, 3.05) is 46.2 Å². The minimum Gasteiger partial charge on any atom is -0.481 e. The number of esters is 1. The number of aliphatic hydroxyl groups is 20. The van der Waals surface area contributed by atoms with Crippen molar-refractivity contribution in [1.29, 1.82) is 0 Å². The number of allylic oxidation sites excluding steroid dienone is 2. The van der Waals surface area contributed by atoms with Crippen molar-refractivity contribution in [3.05, 3.63) is 12.2 Å². The van der Waals surface area contributed by atoms with Crippen molar-refractivity contribution in [2.45, 2.75) is 273 Å². The maximum absolute atomic E-state index is 13.5. The molecule has 94 heavy (non-hydrogen) atoms. The molecule has 36 atom stereocenters. The molecule has 21 N–H and O–H groups in total. The average Bonchev–Trinajstić information content (AvgIpc) is 0.783. The highest BCUT2D eigenvalue weighted by atomic mass is 16.8. The summed E-state index contributed by atoms with van der Waals surface area (Å²) in [6, 6.07) is 0. The summed E-state index contributed by atoms with van der Waals surface area (Å²) in [6.45, 7) is -5.49. The molecule has 38 heteroatoms. The Morgan fingerprint density at radius 1 is 0.340 bits per heavy atom. The van der Waals surface area contributed by atoms with E-state index in [0.717, 1.165) is 32.1 Å². The van der Waals surface area contributed by atoms with Crippen LogP contribution in [0.5, 0.6) is 0 Å². The summed E-state index contributed by atoms with van der Waals surface area (Å²) in [4.78, 5) is 25.8. The molecule has 21 fully saturated rings. The Bertz CT molecular complexity index is 2320. The Labute approximate surface area is 536 Å². The smallest absolute Gasteiger partial charge is 0.307 e. The Morgan fingerprint density at radius 3 is 0.830 bits per heavy atom. The number of aliphatic carboxylic acids is 1. The van der Waals surface area contributed by atoms with E-state index in [-0.39, 0.29) is 6.42 Å². The normalized spacial score (nSPS) is 47.8. The predicted octanol–water partition coefficient (Wildman–Crippen LogP) is -11.3. The lowest BCUT2D eigenvalue weighted by molar-refractivity contribution is -0.396. The first-order chi connectivity index (χ1) is 44.9. The van der Waals surface area contributed by atoms with Gasteiger partial charge in [0.05, 0.1) is 52.0 Å². The fourth-order valence-electron chi connectivity index (χ4n) is 12.4. The molecule has 544 valence electrons. The van der Waals surface area contributed by atoms with E-state index in [1.807, 2.05) is 0 Å². The van der Waals surface area contributed by atoms with Gasteiger partial charge in [-0.3, -0.25) is 9.59 Å². The first-order valence-electron chi connectivity index (χ1n) is 31.2. The fraction of sp³-hybridized carbons (Fsp3) is 0.929. The molecule has 0 radical (unpaired) electrons. The van der Waals surface area contributed by atoms with E-state index in [1.54, 1.807) is 12.2 Å². The molecule has 0 aromatic rings. The molecule has 0 amide bonds. The number of hydrogen-bond donors (Lipinski definition) is 21. The van der Waals surface area contributed by atoms with E-state index < -0.39 is 285 Å². The van der Waals surface area contributed by atoms with Gasteiger partial charge in [0.1, 0.15) is 178 Å². The molecule has 21 aliphatic rings. The molecular formula is C56H92O38. The van der Waals surface area contributed by atoms with Crippen molar-refractivity contribution in [1.82, 2.24) is 0 Å². The van der Waals surface area contributed by atoms with Gasteiger partial charge in [0, 0.05) is 0 Å². The number of hydrogen-bond acceptors (Lipinski definition) is 37. The Hall–Kier alpha value is -2.68. The molecule has 0 aliphatic carbocycles. The van der Waals surface area contributed by atoms with Gasteiger partial charge in [0.2, 0.25) is 0 Å². The van der Waals surface area contributed by atoms with Crippen LogP contribution in [0.1, 0.15) is 58.3 Å². The molecule has 0 spiro atoms. The van der Waals surface area contributed by atoms with Crippen LogP contribution in [0, 0.1) is 5.92 Å². The van der Waals surface area contributed by atoms with Crippen molar-refractivity contribution in [3.8, 4) is 0 Å². The number of rotatable bonds is 19. The van der Waals surface area contributed by atoms with Gasteiger partial charge in [-0.15, -0.1) is 0 Å². The van der Waals surface area contributed by atoms with Gasteiger partial charge < -0.3 is 178 Å². The lowest BCUT2D eigenvalue weighted by Crippen LogP contribution is -2.68. The van der Waals surface area contributed by atoms with Gasteiger partial charge >= 0.3 is 11.9 Å². The highest BCUT2D eigenvalue weighted by molar-refractivity contribution is 5.78.